The van der Waals surface area contributed by atoms with E-state index in [1.165, 1.54) is 22.8 Å². The van der Waals surface area contributed by atoms with Gasteiger partial charge in [0, 0.05) is 15.5 Å². The molecule has 0 saturated heterocycles. The second-order valence-electron chi connectivity index (χ2n) is 5.88. The van der Waals surface area contributed by atoms with Gasteiger partial charge < -0.3 is 0 Å². The standard InChI is InChI=1S/C18H16FNO4S2/c19-16-9-25-18-7-6-13(8-15(16)18)10-26(23,24)11-17(20(22)12-21)14-4-2-1-3-5-14/h1-9,12,17,22H,10-11H2/t17-/m1/s1. The zero-order valence-corrected chi connectivity index (χ0v) is 15.2. The minimum Gasteiger partial charge on any atom is -0.285 e. The molecule has 0 saturated carbocycles. The van der Waals surface area contributed by atoms with Crippen molar-refractivity contribution < 1.29 is 22.8 Å². The Labute approximate surface area is 154 Å². The van der Waals surface area contributed by atoms with Gasteiger partial charge in [-0.3, -0.25) is 10.0 Å². The molecule has 1 heterocycles. The van der Waals surface area contributed by atoms with Crippen molar-refractivity contribution in [2.24, 2.45) is 0 Å². The quantitative estimate of drug-likeness (QED) is 0.378. The van der Waals surface area contributed by atoms with Gasteiger partial charge in [-0.2, -0.15) is 0 Å². The van der Waals surface area contributed by atoms with Gasteiger partial charge in [-0.1, -0.05) is 36.4 Å². The van der Waals surface area contributed by atoms with E-state index >= 15 is 0 Å². The van der Waals surface area contributed by atoms with E-state index in [2.05, 4.69) is 0 Å². The van der Waals surface area contributed by atoms with Gasteiger partial charge in [0.2, 0.25) is 6.41 Å². The third-order valence-corrected chi connectivity index (χ3v) is 6.53. The summed E-state index contributed by atoms with van der Waals surface area (Å²) in [5, 5.41) is 11.9. The molecule has 5 nitrogen and oxygen atoms in total. The maximum Gasteiger partial charge on any atom is 0.233 e. The molecule has 1 aromatic heterocycles. The first-order valence-electron chi connectivity index (χ1n) is 7.73. The number of carbonyl (C=O) groups is 1. The van der Waals surface area contributed by atoms with Gasteiger partial charge in [-0.15, -0.1) is 11.3 Å². The summed E-state index contributed by atoms with van der Waals surface area (Å²) in [6.07, 6.45) is 0.181. The fourth-order valence-corrected chi connectivity index (χ4v) is 5.18. The van der Waals surface area contributed by atoms with Crippen LogP contribution in [0.3, 0.4) is 0 Å². The Hall–Kier alpha value is -2.29. The van der Waals surface area contributed by atoms with Gasteiger partial charge in [0.15, 0.2) is 9.84 Å². The Morgan fingerprint density at radius 2 is 1.92 bits per heavy atom. The second-order valence-corrected chi connectivity index (χ2v) is 8.90. The zero-order chi connectivity index (χ0) is 18.7. The molecule has 3 aromatic rings. The number of hydrogen-bond donors (Lipinski definition) is 1. The van der Waals surface area contributed by atoms with Crippen LogP contribution in [-0.4, -0.2) is 30.9 Å². The lowest BCUT2D eigenvalue weighted by Gasteiger charge is -2.22. The van der Waals surface area contributed by atoms with Crippen LogP contribution >= 0.6 is 11.3 Å². The molecule has 0 bridgehead atoms. The molecule has 0 aliphatic heterocycles. The van der Waals surface area contributed by atoms with Crippen molar-refractivity contribution in [3.8, 4) is 0 Å². The summed E-state index contributed by atoms with van der Waals surface area (Å²) in [5.41, 5.74) is 0.960. The molecule has 0 unspecified atom stereocenters. The van der Waals surface area contributed by atoms with Gasteiger partial charge in [0.1, 0.15) is 5.82 Å². The molecule has 136 valence electrons. The maximum absolute atomic E-state index is 13.7. The molecular formula is C18H16FNO4S2. The molecular weight excluding hydrogens is 377 g/mol. The lowest BCUT2D eigenvalue weighted by atomic mass is 10.1. The topological polar surface area (TPSA) is 74.7 Å². The lowest BCUT2D eigenvalue weighted by Crippen LogP contribution is -2.30. The highest BCUT2D eigenvalue weighted by atomic mass is 32.2. The smallest absolute Gasteiger partial charge is 0.233 e. The average molecular weight is 393 g/mol. The lowest BCUT2D eigenvalue weighted by molar-refractivity contribution is -0.158. The number of sulfone groups is 1. The third kappa shape index (κ3) is 4.09. The number of fused-ring (bicyclic) bond motifs is 1. The monoisotopic (exact) mass is 393 g/mol. The highest BCUT2D eigenvalue weighted by molar-refractivity contribution is 7.90. The first-order valence-corrected chi connectivity index (χ1v) is 10.4. The van der Waals surface area contributed by atoms with Gasteiger partial charge in [-0.05, 0) is 23.3 Å². The van der Waals surface area contributed by atoms with Crippen LogP contribution in [0.5, 0.6) is 0 Å². The summed E-state index contributed by atoms with van der Waals surface area (Å²) in [5.74, 6) is -1.14. The van der Waals surface area contributed by atoms with Crippen LogP contribution in [0.1, 0.15) is 17.2 Å². The van der Waals surface area contributed by atoms with Crippen molar-refractivity contribution in [1.82, 2.24) is 5.06 Å². The van der Waals surface area contributed by atoms with Crippen molar-refractivity contribution in [3.63, 3.8) is 0 Å². The molecule has 26 heavy (non-hydrogen) atoms. The van der Waals surface area contributed by atoms with E-state index in [1.807, 2.05) is 0 Å². The maximum atomic E-state index is 13.7. The molecule has 0 aliphatic carbocycles. The number of halogens is 1. The molecule has 0 aliphatic rings. The predicted molar refractivity (Wildman–Crippen MR) is 98.1 cm³/mol. The Morgan fingerprint density at radius 3 is 2.62 bits per heavy atom. The summed E-state index contributed by atoms with van der Waals surface area (Å²) in [6.45, 7) is 0. The molecule has 1 atom stereocenters. The van der Waals surface area contributed by atoms with E-state index in [-0.39, 0.29) is 18.0 Å². The van der Waals surface area contributed by atoms with E-state index in [4.69, 9.17) is 0 Å². The Balaban J connectivity index is 1.85. The summed E-state index contributed by atoms with van der Waals surface area (Å²) in [4.78, 5) is 11.0. The van der Waals surface area contributed by atoms with Crippen LogP contribution in [0.4, 0.5) is 4.39 Å². The minimum absolute atomic E-state index is 0.181. The van der Waals surface area contributed by atoms with Crippen LogP contribution in [0.2, 0.25) is 0 Å². The molecule has 0 fully saturated rings. The summed E-state index contributed by atoms with van der Waals surface area (Å²) in [6, 6.07) is 12.3. The summed E-state index contributed by atoms with van der Waals surface area (Å²) in [7, 11) is -3.68. The largest absolute Gasteiger partial charge is 0.285 e. The molecule has 8 heteroatoms. The number of hydrogen-bond acceptors (Lipinski definition) is 5. The average Bonchev–Trinajstić information content (AvgIpc) is 3.00. The predicted octanol–water partition coefficient (Wildman–Crippen LogP) is 3.54. The molecule has 1 amide bonds. The van der Waals surface area contributed by atoms with E-state index in [0.717, 1.165) is 4.70 Å². The highest BCUT2D eigenvalue weighted by Crippen LogP contribution is 2.27. The molecule has 3 rings (SSSR count). The van der Waals surface area contributed by atoms with Crippen molar-refractivity contribution in [2.75, 3.05) is 5.75 Å². The number of amides is 1. The van der Waals surface area contributed by atoms with Crippen molar-refractivity contribution >= 4 is 37.7 Å². The molecule has 0 spiro atoms. The van der Waals surface area contributed by atoms with Crippen LogP contribution in [-0.2, 0) is 20.4 Å². The molecule has 1 N–H and O–H groups in total. The van der Waals surface area contributed by atoms with E-state index in [1.54, 1.807) is 42.5 Å². The van der Waals surface area contributed by atoms with Gasteiger partial charge in [-0.25, -0.2) is 17.9 Å². The number of carbonyl (C=O) groups excluding carboxylic acids is 1. The molecule has 0 radical (unpaired) electrons. The van der Waals surface area contributed by atoms with Crippen LogP contribution in [0.15, 0.2) is 53.9 Å². The number of nitrogens with zero attached hydrogens (tertiary/aromatic N) is 1. The highest BCUT2D eigenvalue weighted by Gasteiger charge is 2.25. The third-order valence-electron chi connectivity index (χ3n) is 4.00. The Bertz CT molecular complexity index is 1020. The van der Waals surface area contributed by atoms with Crippen molar-refractivity contribution in [1.29, 1.82) is 0 Å². The second kappa shape index (κ2) is 7.53. The first kappa shape index (κ1) is 18.5. The van der Waals surface area contributed by atoms with Crippen molar-refractivity contribution in [3.05, 3.63) is 70.9 Å². The summed E-state index contributed by atoms with van der Waals surface area (Å²) < 4.78 is 39.7. The fourth-order valence-electron chi connectivity index (χ4n) is 2.76. The van der Waals surface area contributed by atoms with E-state index in [0.29, 0.717) is 21.6 Å². The normalized spacial score (nSPS) is 12.8. The Kier molecular flexibility index (Phi) is 5.36. The SMILES string of the molecule is O=CN(O)[C@H](CS(=O)(=O)Cc1ccc2scc(F)c2c1)c1ccccc1. The number of thiophene rings is 1. The summed E-state index contributed by atoms with van der Waals surface area (Å²) >= 11 is 1.25. The minimum atomic E-state index is -3.68. The molecule has 2 aromatic carbocycles. The fraction of sp³-hybridized carbons (Fsp3) is 0.167. The van der Waals surface area contributed by atoms with Crippen LogP contribution in [0, 0.1) is 5.82 Å². The first-order chi connectivity index (χ1) is 12.4. The Morgan fingerprint density at radius 1 is 1.19 bits per heavy atom. The number of benzene rings is 2. The van der Waals surface area contributed by atoms with E-state index < -0.39 is 21.6 Å². The van der Waals surface area contributed by atoms with Gasteiger partial charge >= 0.3 is 0 Å². The zero-order valence-electron chi connectivity index (χ0n) is 13.6. The van der Waals surface area contributed by atoms with Gasteiger partial charge in [0.25, 0.3) is 0 Å². The van der Waals surface area contributed by atoms with Crippen LogP contribution in [0.25, 0.3) is 10.1 Å². The number of rotatable bonds is 7. The van der Waals surface area contributed by atoms with Gasteiger partial charge in [0.05, 0.1) is 17.5 Å². The van der Waals surface area contributed by atoms with Crippen molar-refractivity contribution in [2.45, 2.75) is 11.8 Å². The van der Waals surface area contributed by atoms with Crippen LogP contribution < -0.4 is 0 Å². The number of hydroxylamine groups is 2. The van der Waals surface area contributed by atoms with E-state index in [9.17, 15) is 22.8 Å².